The third-order valence-corrected chi connectivity index (χ3v) is 1.36. The molecule has 8 heteroatoms. The summed E-state index contributed by atoms with van der Waals surface area (Å²) in [4.78, 5) is 0. The van der Waals surface area contributed by atoms with Crippen molar-refractivity contribution in [3.05, 3.63) is 0 Å². The van der Waals surface area contributed by atoms with Crippen molar-refractivity contribution in [1.29, 1.82) is 0 Å². The molecule has 0 aliphatic heterocycles. The van der Waals surface area contributed by atoms with Crippen LogP contribution >= 0.6 is 23.2 Å². The zero-order valence-corrected chi connectivity index (χ0v) is 6.85. The summed E-state index contributed by atoms with van der Waals surface area (Å²) in [6, 6.07) is 0. The van der Waals surface area contributed by atoms with Gasteiger partial charge in [0.15, 0.2) is 6.67 Å². The summed E-state index contributed by atoms with van der Waals surface area (Å²) in [6.07, 6.45) is -4.49. The lowest BCUT2D eigenvalue weighted by atomic mass is 10.6. The van der Waals surface area contributed by atoms with Gasteiger partial charge in [0, 0.05) is 0 Å². The highest BCUT2D eigenvalue weighted by molar-refractivity contribution is 6.30. The lowest BCUT2D eigenvalue weighted by molar-refractivity contribution is -0.314. The molecule has 0 spiro atoms. The molecule has 0 aliphatic rings. The van der Waals surface area contributed by atoms with E-state index in [-0.39, 0.29) is 0 Å². The van der Waals surface area contributed by atoms with E-state index < -0.39 is 23.7 Å². The van der Waals surface area contributed by atoms with Crippen molar-refractivity contribution in [2.75, 3.05) is 6.67 Å². The summed E-state index contributed by atoms with van der Waals surface area (Å²) in [5.74, 6) is 0. The molecule has 0 fully saturated rings. The Kier molecular flexibility index (Phi) is 3.99. The minimum absolute atomic E-state index is 2.32. The molecule has 74 valence electrons. The first-order valence-electron chi connectivity index (χ1n) is 2.51. The third kappa shape index (κ3) is 3.73. The molecule has 0 bridgehead atoms. The van der Waals surface area contributed by atoms with Crippen molar-refractivity contribution in [3.63, 3.8) is 0 Å². The van der Waals surface area contributed by atoms with Crippen molar-refractivity contribution in [1.82, 2.24) is 0 Å². The molecule has 0 saturated heterocycles. The van der Waals surface area contributed by atoms with Crippen LogP contribution in [0.5, 0.6) is 0 Å². The molecule has 0 aromatic heterocycles. The Morgan fingerprint density at radius 1 is 1.33 bits per heavy atom. The van der Waals surface area contributed by atoms with Crippen LogP contribution < -0.4 is 0 Å². The number of ether oxygens (including phenoxy) is 1. The summed E-state index contributed by atoms with van der Waals surface area (Å²) >= 11 is 8.77. The van der Waals surface area contributed by atoms with Crippen molar-refractivity contribution in [3.8, 4) is 0 Å². The number of alkyl halides is 7. The smallest absolute Gasteiger partial charge is 0.264 e. The van der Waals surface area contributed by atoms with E-state index in [2.05, 4.69) is 27.9 Å². The predicted molar refractivity (Wildman–Crippen MR) is 32.4 cm³/mol. The zero-order valence-electron chi connectivity index (χ0n) is 5.34. The zero-order chi connectivity index (χ0) is 9.99. The normalized spacial score (nSPS) is 20.2. The molecule has 2 unspecified atom stereocenters. The van der Waals surface area contributed by atoms with Crippen LogP contribution in [-0.2, 0) is 4.74 Å². The Morgan fingerprint density at radius 2 is 1.75 bits per heavy atom. The second-order valence-corrected chi connectivity index (χ2v) is 2.63. The number of hydrogen-bond donors (Lipinski definition) is 0. The Bertz CT molecular complexity index is 150. The monoisotopic (exact) mass is 232 g/mol. The molecule has 0 aliphatic carbocycles. The minimum Gasteiger partial charge on any atom is -0.264 e. The fourth-order valence-corrected chi connectivity index (χ4v) is 0.428. The third-order valence-electron chi connectivity index (χ3n) is 0.695. The van der Waals surface area contributed by atoms with E-state index in [0.29, 0.717) is 0 Å². The quantitative estimate of drug-likeness (QED) is 0.535. The predicted octanol–water partition coefficient (Wildman–Crippen LogP) is 2.96. The van der Waals surface area contributed by atoms with Crippen LogP contribution in [0.4, 0.5) is 22.0 Å². The highest BCUT2D eigenvalue weighted by Crippen LogP contribution is 2.35. The fourth-order valence-electron chi connectivity index (χ4n) is 0.271. The number of halogens is 7. The molecule has 1 nitrogen and oxygen atoms in total. The average molecular weight is 233 g/mol. The van der Waals surface area contributed by atoms with Crippen molar-refractivity contribution in [2.24, 2.45) is 0 Å². The van der Waals surface area contributed by atoms with Gasteiger partial charge >= 0.3 is 11.4 Å². The Balaban J connectivity index is 4.23. The summed E-state index contributed by atoms with van der Waals surface area (Å²) < 4.78 is 62.1. The summed E-state index contributed by atoms with van der Waals surface area (Å²) in [7, 11) is 0. The van der Waals surface area contributed by atoms with Gasteiger partial charge in [-0.3, -0.25) is 4.74 Å². The topological polar surface area (TPSA) is 9.23 Å². The molecule has 0 amide bonds. The Labute approximate surface area is 74.4 Å². The van der Waals surface area contributed by atoms with Gasteiger partial charge in [-0.25, -0.2) is 8.78 Å². The molecule has 0 aromatic carbocycles. The SMILES string of the molecule is FCC(F)(F)OC(F)(Cl)C(F)Cl. The summed E-state index contributed by atoms with van der Waals surface area (Å²) in [5.41, 5.74) is -3.02. The van der Waals surface area contributed by atoms with E-state index in [9.17, 15) is 22.0 Å². The van der Waals surface area contributed by atoms with Crippen molar-refractivity contribution >= 4 is 23.2 Å². The first kappa shape index (κ1) is 12.2. The van der Waals surface area contributed by atoms with E-state index in [1.54, 1.807) is 0 Å². The van der Waals surface area contributed by atoms with E-state index in [1.165, 1.54) is 0 Å². The molecular formula is C4H3Cl2F5O. The molecule has 0 rings (SSSR count). The maximum Gasteiger partial charge on any atom is 0.387 e. The van der Waals surface area contributed by atoms with E-state index >= 15 is 0 Å². The van der Waals surface area contributed by atoms with Crippen LogP contribution in [0.3, 0.4) is 0 Å². The maximum atomic E-state index is 12.3. The van der Waals surface area contributed by atoms with Gasteiger partial charge in [0.2, 0.25) is 5.63 Å². The van der Waals surface area contributed by atoms with Gasteiger partial charge in [-0.1, -0.05) is 11.6 Å². The van der Waals surface area contributed by atoms with Crippen LogP contribution in [0.25, 0.3) is 0 Å². The van der Waals surface area contributed by atoms with E-state index in [1.807, 2.05) is 0 Å². The largest absolute Gasteiger partial charge is 0.387 e. The van der Waals surface area contributed by atoms with Crippen molar-refractivity contribution < 1.29 is 26.7 Å². The standard InChI is InChI=1S/C4H3Cl2F5O/c5-2(8)4(6,11)12-3(9,10)1-7/h2H,1H2. The van der Waals surface area contributed by atoms with Gasteiger partial charge in [-0.2, -0.15) is 13.2 Å². The maximum absolute atomic E-state index is 12.3. The van der Waals surface area contributed by atoms with E-state index in [0.717, 1.165) is 0 Å². The highest BCUT2D eigenvalue weighted by atomic mass is 35.5. The lowest BCUT2D eigenvalue weighted by Gasteiger charge is -2.22. The van der Waals surface area contributed by atoms with Crippen LogP contribution in [0, 0.1) is 0 Å². The van der Waals surface area contributed by atoms with Crippen molar-refractivity contribution in [2.45, 2.75) is 17.1 Å². The molecule has 0 radical (unpaired) electrons. The minimum atomic E-state index is -4.49. The second-order valence-electron chi connectivity index (χ2n) is 1.74. The number of rotatable bonds is 4. The van der Waals surface area contributed by atoms with Gasteiger partial charge in [-0.15, -0.1) is 0 Å². The molecule has 0 N–H and O–H groups in total. The first-order chi connectivity index (χ1) is 5.21. The van der Waals surface area contributed by atoms with Gasteiger partial charge in [0.05, 0.1) is 0 Å². The van der Waals surface area contributed by atoms with Crippen LogP contribution in [0.15, 0.2) is 0 Å². The second kappa shape index (κ2) is 3.93. The van der Waals surface area contributed by atoms with E-state index in [4.69, 9.17) is 0 Å². The molecular weight excluding hydrogens is 230 g/mol. The fraction of sp³-hybridized carbons (Fsp3) is 1.00. The molecule has 2 atom stereocenters. The Morgan fingerprint density at radius 3 is 2.00 bits per heavy atom. The molecule has 0 heterocycles. The van der Waals surface area contributed by atoms with Gasteiger partial charge in [-0.05, 0) is 11.6 Å². The van der Waals surface area contributed by atoms with Gasteiger partial charge in [0.25, 0.3) is 0 Å². The lowest BCUT2D eigenvalue weighted by Crippen LogP contribution is -2.38. The highest BCUT2D eigenvalue weighted by Gasteiger charge is 2.47. The summed E-state index contributed by atoms with van der Waals surface area (Å²) in [6.45, 7) is -2.32. The van der Waals surface area contributed by atoms with Crippen LogP contribution in [-0.4, -0.2) is 23.7 Å². The van der Waals surface area contributed by atoms with Crippen LogP contribution in [0.2, 0.25) is 0 Å². The van der Waals surface area contributed by atoms with Crippen LogP contribution in [0.1, 0.15) is 0 Å². The summed E-state index contributed by atoms with van der Waals surface area (Å²) in [5, 5.41) is -3.93. The van der Waals surface area contributed by atoms with Gasteiger partial charge < -0.3 is 0 Å². The van der Waals surface area contributed by atoms with Gasteiger partial charge in [0.1, 0.15) is 0 Å². The molecule has 0 saturated carbocycles. The number of hydrogen-bond acceptors (Lipinski definition) is 1. The average Bonchev–Trinajstić information content (AvgIpc) is 1.85. The first-order valence-corrected chi connectivity index (χ1v) is 3.32. The molecule has 12 heavy (non-hydrogen) atoms. The molecule has 0 aromatic rings. The Hall–Kier alpha value is 0.190.